The molecule has 6 nitrogen and oxygen atoms in total. The van der Waals surface area contributed by atoms with Crippen molar-refractivity contribution in [1.82, 2.24) is 10.0 Å². The van der Waals surface area contributed by atoms with E-state index in [1.54, 1.807) is 6.07 Å². The number of carbonyl (C=O) groups is 1. The van der Waals surface area contributed by atoms with E-state index in [2.05, 4.69) is 10.0 Å². The molecule has 8 heteroatoms. The van der Waals surface area contributed by atoms with Crippen molar-refractivity contribution < 1.29 is 13.2 Å². The van der Waals surface area contributed by atoms with Gasteiger partial charge in [0.2, 0.25) is 15.9 Å². The summed E-state index contributed by atoms with van der Waals surface area (Å²) < 4.78 is 25.6. The molecule has 1 atom stereocenters. The standard InChI is InChI=1S/C11H19N3O3S2/c1-3-4-9(12)11(15)14-7-8-5-6-10(18-8)19(16,17)13-2/h5-6,9,13H,3-4,7,12H2,1-2H3,(H,14,15). The Morgan fingerprint density at radius 1 is 1.47 bits per heavy atom. The fourth-order valence-electron chi connectivity index (χ4n) is 1.45. The average molecular weight is 305 g/mol. The van der Waals surface area contributed by atoms with Crippen LogP contribution in [0, 0.1) is 0 Å². The summed E-state index contributed by atoms with van der Waals surface area (Å²) in [7, 11) is -2.05. The number of thiophene rings is 1. The van der Waals surface area contributed by atoms with Crippen molar-refractivity contribution in [2.45, 2.75) is 36.6 Å². The van der Waals surface area contributed by atoms with Crippen molar-refractivity contribution in [3.63, 3.8) is 0 Å². The van der Waals surface area contributed by atoms with Crippen LogP contribution in [0.1, 0.15) is 24.6 Å². The smallest absolute Gasteiger partial charge is 0.249 e. The first-order chi connectivity index (χ1) is 8.90. The van der Waals surface area contributed by atoms with Gasteiger partial charge in [-0.3, -0.25) is 4.79 Å². The third-order valence-corrected chi connectivity index (χ3v) is 5.54. The number of amides is 1. The maximum atomic E-state index is 11.6. The van der Waals surface area contributed by atoms with Crippen molar-refractivity contribution in [3.8, 4) is 0 Å². The monoisotopic (exact) mass is 305 g/mol. The summed E-state index contributed by atoms with van der Waals surface area (Å²) in [6.07, 6.45) is 1.48. The first-order valence-corrected chi connectivity index (χ1v) is 8.26. The summed E-state index contributed by atoms with van der Waals surface area (Å²) in [5, 5.41) is 2.70. The lowest BCUT2D eigenvalue weighted by molar-refractivity contribution is -0.122. The summed E-state index contributed by atoms with van der Waals surface area (Å²) in [5.74, 6) is -0.215. The highest BCUT2D eigenvalue weighted by atomic mass is 32.2. The summed E-state index contributed by atoms with van der Waals surface area (Å²) >= 11 is 1.13. The summed E-state index contributed by atoms with van der Waals surface area (Å²) in [4.78, 5) is 12.4. The van der Waals surface area contributed by atoms with Gasteiger partial charge in [0.15, 0.2) is 0 Å². The SMILES string of the molecule is CCCC(N)C(=O)NCc1ccc(S(=O)(=O)NC)s1. The van der Waals surface area contributed by atoms with Crippen LogP contribution in [0.15, 0.2) is 16.3 Å². The minimum Gasteiger partial charge on any atom is -0.350 e. The fourth-order valence-corrected chi connectivity index (χ4v) is 3.58. The molecule has 19 heavy (non-hydrogen) atoms. The molecule has 0 fully saturated rings. The normalized spacial score (nSPS) is 13.2. The molecule has 1 aromatic rings. The summed E-state index contributed by atoms with van der Waals surface area (Å²) in [6.45, 7) is 2.25. The third-order valence-electron chi connectivity index (χ3n) is 2.54. The van der Waals surface area contributed by atoms with Crippen LogP contribution in [0.3, 0.4) is 0 Å². The first-order valence-electron chi connectivity index (χ1n) is 5.96. The molecule has 1 heterocycles. The van der Waals surface area contributed by atoms with Crippen LogP contribution in [0.4, 0.5) is 0 Å². The molecular weight excluding hydrogens is 286 g/mol. The Balaban J connectivity index is 2.58. The van der Waals surface area contributed by atoms with Crippen molar-refractivity contribution in [3.05, 3.63) is 17.0 Å². The van der Waals surface area contributed by atoms with E-state index in [1.807, 2.05) is 6.92 Å². The number of sulfonamides is 1. The molecule has 1 amide bonds. The third kappa shape index (κ3) is 4.57. The molecule has 0 radical (unpaired) electrons. The highest BCUT2D eigenvalue weighted by Crippen LogP contribution is 2.20. The molecule has 0 aliphatic rings. The highest BCUT2D eigenvalue weighted by molar-refractivity contribution is 7.91. The molecule has 0 saturated carbocycles. The second kappa shape index (κ2) is 6.99. The second-order valence-corrected chi connectivity index (χ2v) is 7.32. The lowest BCUT2D eigenvalue weighted by Gasteiger charge is -2.10. The maximum Gasteiger partial charge on any atom is 0.249 e. The van der Waals surface area contributed by atoms with E-state index in [0.29, 0.717) is 13.0 Å². The van der Waals surface area contributed by atoms with E-state index in [4.69, 9.17) is 5.73 Å². The van der Waals surface area contributed by atoms with Gasteiger partial charge in [0.25, 0.3) is 0 Å². The van der Waals surface area contributed by atoms with Gasteiger partial charge in [0, 0.05) is 4.88 Å². The zero-order valence-corrected chi connectivity index (χ0v) is 12.6. The Morgan fingerprint density at radius 2 is 2.16 bits per heavy atom. The lowest BCUT2D eigenvalue weighted by atomic mass is 10.2. The van der Waals surface area contributed by atoms with Gasteiger partial charge >= 0.3 is 0 Å². The van der Waals surface area contributed by atoms with E-state index in [-0.39, 0.29) is 10.1 Å². The quantitative estimate of drug-likeness (QED) is 0.678. The minimum absolute atomic E-state index is 0.215. The van der Waals surface area contributed by atoms with Crippen LogP contribution < -0.4 is 15.8 Å². The van der Waals surface area contributed by atoms with E-state index < -0.39 is 16.1 Å². The van der Waals surface area contributed by atoms with E-state index in [1.165, 1.54) is 13.1 Å². The molecule has 1 unspecified atom stereocenters. The number of carbonyl (C=O) groups excluding carboxylic acids is 1. The fraction of sp³-hybridized carbons (Fsp3) is 0.545. The van der Waals surface area contributed by atoms with E-state index >= 15 is 0 Å². The van der Waals surface area contributed by atoms with Crippen LogP contribution in [0.25, 0.3) is 0 Å². The van der Waals surface area contributed by atoms with Crippen molar-refractivity contribution >= 4 is 27.3 Å². The summed E-state index contributed by atoms with van der Waals surface area (Å²) in [6, 6.07) is 2.69. The molecule has 4 N–H and O–H groups in total. The molecular formula is C11H19N3O3S2. The van der Waals surface area contributed by atoms with E-state index in [9.17, 15) is 13.2 Å². The molecule has 108 valence electrons. The van der Waals surface area contributed by atoms with Crippen LogP contribution in [0.2, 0.25) is 0 Å². The molecule has 0 aliphatic carbocycles. The van der Waals surface area contributed by atoms with E-state index in [0.717, 1.165) is 22.6 Å². The Hall–Kier alpha value is -0.960. The number of rotatable bonds is 7. The molecule has 0 aromatic carbocycles. The average Bonchev–Trinajstić information content (AvgIpc) is 2.85. The van der Waals surface area contributed by atoms with Crippen molar-refractivity contribution in [2.75, 3.05) is 7.05 Å². The molecule has 0 bridgehead atoms. The molecule has 0 spiro atoms. The zero-order valence-electron chi connectivity index (χ0n) is 11.0. The molecule has 1 rings (SSSR count). The van der Waals surface area contributed by atoms with Gasteiger partial charge in [-0.05, 0) is 25.6 Å². The van der Waals surface area contributed by atoms with Gasteiger partial charge in [-0.15, -0.1) is 11.3 Å². The summed E-state index contributed by atoms with van der Waals surface area (Å²) in [5.41, 5.74) is 5.67. The molecule has 0 saturated heterocycles. The Labute approximate surface area is 117 Å². The van der Waals surface area contributed by atoms with Gasteiger partial charge < -0.3 is 11.1 Å². The number of hydrogen-bond acceptors (Lipinski definition) is 5. The largest absolute Gasteiger partial charge is 0.350 e. The first kappa shape index (κ1) is 16.1. The molecule has 1 aromatic heterocycles. The highest BCUT2D eigenvalue weighted by Gasteiger charge is 2.15. The predicted molar refractivity (Wildman–Crippen MR) is 75.3 cm³/mol. The van der Waals surface area contributed by atoms with Gasteiger partial charge in [-0.2, -0.15) is 0 Å². The maximum absolute atomic E-state index is 11.6. The Kier molecular flexibility index (Phi) is 5.92. The number of nitrogens with two attached hydrogens (primary N) is 1. The van der Waals surface area contributed by atoms with Crippen LogP contribution in [0.5, 0.6) is 0 Å². The van der Waals surface area contributed by atoms with Gasteiger partial charge in [0.1, 0.15) is 4.21 Å². The molecule has 0 aliphatic heterocycles. The van der Waals surface area contributed by atoms with Crippen LogP contribution >= 0.6 is 11.3 Å². The second-order valence-electron chi connectivity index (χ2n) is 4.04. The number of nitrogens with one attached hydrogen (secondary N) is 2. The zero-order chi connectivity index (χ0) is 14.5. The van der Waals surface area contributed by atoms with Crippen molar-refractivity contribution in [1.29, 1.82) is 0 Å². The van der Waals surface area contributed by atoms with Gasteiger partial charge in [-0.25, -0.2) is 13.1 Å². The Bertz CT molecular complexity index is 525. The van der Waals surface area contributed by atoms with Gasteiger partial charge in [-0.1, -0.05) is 13.3 Å². The van der Waals surface area contributed by atoms with Gasteiger partial charge in [0.05, 0.1) is 12.6 Å². The lowest BCUT2D eigenvalue weighted by Crippen LogP contribution is -2.39. The topological polar surface area (TPSA) is 101 Å². The minimum atomic E-state index is -3.41. The van der Waals surface area contributed by atoms with Crippen LogP contribution in [-0.2, 0) is 21.4 Å². The Morgan fingerprint density at radius 3 is 2.74 bits per heavy atom. The van der Waals surface area contributed by atoms with Crippen molar-refractivity contribution in [2.24, 2.45) is 5.73 Å². The van der Waals surface area contributed by atoms with Crippen LogP contribution in [-0.4, -0.2) is 27.4 Å². The number of hydrogen-bond donors (Lipinski definition) is 3. The predicted octanol–water partition coefficient (Wildman–Crippen LogP) is 0.400.